The van der Waals surface area contributed by atoms with Crippen LogP contribution in [-0.4, -0.2) is 11.1 Å². The molecule has 0 aliphatic carbocycles. The van der Waals surface area contributed by atoms with Crippen LogP contribution in [0.4, 0.5) is 5.69 Å². The Balaban J connectivity index is 2.09. The molecule has 1 aliphatic heterocycles. The van der Waals surface area contributed by atoms with Gasteiger partial charge in [0.15, 0.2) is 0 Å². The van der Waals surface area contributed by atoms with E-state index in [0.717, 1.165) is 16.8 Å². The summed E-state index contributed by atoms with van der Waals surface area (Å²) < 4.78 is 1.59. The van der Waals surface area contributed by atoms with Gasteiger partial charge in [-0.15, -0.1) is 0 Å². The minimum absolute atomic E-state index is 0.582. The third-order valence-corrected chi connectivity index (χ3v) is 2.46. The Bertz CT molecular complexity index is 305. The lowest BCUT2D eigenvalue weighted by Gasteiger charge is -2.12. The summed E-state index contributed by atoms with van der Waals surface area (Å²) in [4.78, 5) is 0. The first-order chi connectivity index (χ1) is 6.40. The maximum Gasteiger partial charge on any atom is 0.145 e. The first kappa shape index (κ1) is 8.65. The Morgan fingerprint density at radius 2 is 2.00 bits per heavy atom. The SMILES string of the molecule is ClSN1CN(c2ccccc2)N=N1. The van der Waals surface area contributed by atoms with Crippen LogP contribution >= 0.6 is 21.8 Å². The standard InChI is InChI=1S/C7H7ClN4S/c8-13-12-6-11(9-10-12)7-4-2-1-3-5-7/h1-5H,6H2. The van der Waals surface area contributed by atoms with Crippen molar-refractivity contribution in [3.63, 3.8) is 0 Å². The molecule has 0 N–H and O–H groups in total. The van der Waals surface area contributed by atoms with Gasteiger partial charge in [-0.25, -0.2) is 5.01 Å². The Morgan fingerprint density at radius 3 is 2.62 bits per heavy atom. The highest BCUT2D eigenvalue weighted by Crippen LogP contribution is 2.25. The highest BCUT2D eigenvalue weighted by atomic mass is 35.7. The monoisotopic (exact) mass is 214 g/mol. The Morgan fingerprint density at radius 1 is 1.23 bits per heavy atom. The van der Waals surface area contributed by atoms with Crippen molar-refractivity contribution < 1.29 is 0 Å². The molecule has 1 aliphatic rings. The van der Waals surface area contributed by atoms with Gasteiger partial charge in [0, 0.05) is 0 Å². The number of rotatable bonds is 2. The molecule has 1 aromatic carbocycles. The lowest BCUT2D eigenvalue weighted by Crippen LogP contribution is -2.19. The highest BCUT2D eigenvalue weighted by molar-refractivity contribution is 8.19. The molecule has 2 rings (SSSR count). The Hall–Kier alpha value is -0.940. The molecule has 68 valence electrons. The first-order valence-corrected chi connectivity index (χ1v) is 5.30. The van der Waals surface area contributed by atoms with Crippen molar-refractivity contribution in [3.8, 4) is 0 Å². The molecule has 13 heavy (non-hydrogen) atoms. The van der Waals surface area contributed by atoms with Gasteiger partial charge < -0.3 is 0 Å². The summed E-state index contributed by atoms with van der Waals surface area (Å²) in [5, 5.41) is 9.54. The van der Waals surface area contributed by atoms with Gasteiger partial charge in [-0.1, -0.05) is 18.2 Å². The summed E-state index contributed by atoms with van der Waals surface area (Å²) in [5.41, 5.74) is 1.01. The molecule has 0 atom stereocenters. The van der Waals surface area contributed by atoms with E-state index in [0.29, 0.717) is 6.67 Å². The van der Waals surface area contributed by atoms with Gasteiger partial charge in [-0.2, -0.15) is 4.41 Å². The third-order valence-electron chi connectivity index (χ3n) is 1.64. The first-order valence-electron chi connectivity index (χ1n) is 3.70. The van der Waals surface area contributed by atoms with E-state index in [1.54, 1.807) is 9.42 Å². The molecule has 4 nitrogen and oxygen atoms in total. The zero-order chi connectivity index (χ0) is 9.10. The van der Waals surface area contributed by atoms with Crippen LogP contribution in [0, 0.1) is 0 Å². The lowest BCUT2D eigenvalue weighted by atomic mass is 10.3. The van der Waals surface area contributed by atoms with Crippen molar-refractivity contribution in [2.45, 2.75) is 0 Å². The van der Waals surface area contributed by atoms with Gasteiger partial charge in [0.25, 0.3) is 0 Å². The lowest BCUT2D eigenvalue weighted by molar-refractivity contribution is 0.558. The van der Waals surface area contributed by atoms with Gasteiger partial charge in [-0.05, 0) is 33.3 Å². The second-order valence-electron chi connectivity index (χ2n) is 2.48. The quantitative estimate of drug-likeness (QED) is 0.710. The van der Waals surface area contributed by atoms with E-state index >= 15 is 0 Å². The maximum atomic E-state index is 5.52. The van der Waals surface area contributed by atoms with E-state index in [9.17, 15) is 0 Å². The number of anilines is 1. The molecule has 1 heterocycles. The predicted octanol–water partition coefficient (Wildman–Crippen LogP) is 2.85. The molecule has 0 saturated carbocycles. The average molecular weight is 215 g/mol. The summed E-state index contributed by atoms with van der Waals surface area (Å²) in [6.45, 7) is 0.582. The van der Waals surface area contributed by atoms with Crippen molar-refractivity contribution in [3.05, 3.63) is 30.3 Å². The molecule has 0 aromatic heterocycles. The van der Waals surface area contributed by atoms with Gasteiger partial charge >= 0.3 is 0 Å². The smallest absolute Gasteiger partial charge is 0.145 e. The summed E-state index contributed by atoms with van der Waals surface area (Å²) in [6, 6.07) is 9.83. The van der Waals surface area contributed by atoms with Crippen LogP contribution in [0.1, 0.15) is 0 Å². The molecule has 0 amide bonds. The van der Waals surface area contributed by atoms with Gasteiger partial charge in [0.05, 0.1) is 16.8 Å². The summed E-state index contributed by atoms with van der Waals surface area (Å²) in [6.07, 6.45) is 0. The number of hydrogen-bond donors (Lipinski definition) is 0. The van der Waals surface area contributed by atoms with E-state index in [1.807, 2.05) is 30.3 Å². The van der Waals surface area contributed by atoms with Crippen LogP contribution in [0.2, 0.25) is 0 Å². The van der Waals surface area contributed by atoms with Crippen molar-refractivity contribution in [1.29, 1.82) is 0 Å². The summed E-state index contributed by atoms with van der Waals surface area (Å²) in [7, 11) is 5.52. The number of para-hydroxylation sites is 1. The number of hydrogen-bond acceptors (Lipinski definition) is 5. The molecule has 0 radical (unpaired) electrons. The van der Waals surface area contributed by atoms with E-state index in [1.165, 1.54) is 0 Å². The molecule has 0 spiro atoms. The van der Waals surface area contributed by atoms with Gasteiger partial charge in [0.2, 0.25) is 0 Å². The zero-order valence-electron chi connectivity index (χ0n) is 6.67. The Kier molecular flexibility index (Phi) is 2.56. The second-order valence-corrected chi connectivity index (χ2v) is 3.45. The zero-order valence-corrected chi connectivity index (χ0v) is 8.24. The molecule has 1 aromatic rings. The van der Waals surface area contributed by atoms with Crippen LogP contribution in [0.5, 0.6) is 0 Å². The molecule has 0 unspecified atom stereocenters. The van der Waals surface area contributed by atoms with Crippen molar-refractivity contribution in [2.75, 3.05) is 11.7 Å². The molecular formula is C7H7ClN4S. The van der Waals surface area contributed by atoms with Crippen LogP contribution in [-0.2, 0) is 0 Å². The van der Waals surface area contributed by atoms with Crippen LogP contribution in [0.15, 0.2) is 40.8 Å². The van der Waals surface area contributed by atoms with Crippen LogP contribution in [0.25, 0.3) is 0 Å². The minimum atomic E-state index is 0.582. The van der Waals surface area contributed by atoms with Crippen molar-refractivity contribution >= 4 is 27.5 Å². The van der Waals surface area contributed by atoms with E-state index < -0.39 is 0 Å². The van der Waals surface area contributed by atoms with E-state index in [-0.39, 0.29) is 0 Å². The normalized spacial score (nSPS) is 15.5. The topological polar surface area (TPSA) is 31.2 Å². The van der Waals surface area contributed by atoms with E-state index in [4.69, 9.17) is 10.7 Å². The van der Waals surface area contributed by atoms with Crippen molar-refractivity contribution in [2.24, 2.45) is 10.4 Å². The second kappa shape index (κ2) is 3.85. The largest absolute Gasteiger partial charge is 0.223 e. The van der Waals surface area contributed by atoms with Crippen LogP contribution in [0.3, 0.4) is 0 Å². The fourth-order valence-corrected chi connectivity index (χ4v) is 1.46. The molecule has 0 bridgehead atoms. The fraction of sp³-hybridized carbons (Fsp3) is 0.143. The van der Waals surface area contributed by atoms with Gasteiger partial charge in [-0.3, -0.25) is 0 Å². The summed E-state index contributed by atoms with van der Waals surface area (Å²) >= 11 is 1.03. The minimum Gasteiger partial charge on any atom is -0.223 e. The highest BCUT2D eigenvalue weighted by Gasteiger charge is 2.16. The number of benzene rings is 1. The maximum absolute atomic E-state index is 5.52. The Labute approximate surface area is 84.8 Å². The van der Waals surface area contributed by atoms with Gasteiger partial charge in [0.1, 0.15) is 6.67 Å². The van der Waals surface area contributed by atoms with Crippen LogP contribution < -0.4 is 5.01 Å². The fourth-order valence-electron chi connectivity index (χ4n) is 1.03. The molecule has 6 heteroatoms. The number of nitrogens with zero attached hydrogens (tertiary/aromatic N) is 4. The predicted molar refractivity (Wildman–Crippen MR) is 53.9 cm³/mol. The average Bonchev–Trinajstić information content (AvgIpc) is 2.67. The third kappa shape index (κ3) is 1.87. The molecule has 0 fully saturated rings. The van der Waals surface area contributed by atoms with Crippen molar-refractivity contribution in [1.82, 2.24) is 4.41 Å². The molecular weight excluding hydrogens is 208 g/mol. The van der Waals surface area contributed by atoms with E-state index in [2.05, 4.69) is 10.4 Å². The molecule has 0 saturated heterocycles. The summed E-state index contributed by atoms with van der Waals surface area (Å²) in [5.74, 6) is 0. The number of halogens is 1.